The van der Waals surface area contributed by atoms with E-state index in [1.165, 1.54) is 31.3 Å². The van der Waals surface area contributed by atoms with Crippen LogP contribution >= 0.6 is 0 Å². The van der Waals surface area contributed by atoms with Crippen molar-refractivity contribution in [2.45, 2.75) is 31.7 Å². The molecule has 1 aromatic carbocycles. The third-order valence-corrected chi connectivity index (χ3v) is 6.03. The van der Waals surface area contributed by atoms with E-state index in [4.69, 9.17) is 9.47 Å². The summed E-state index contributed by atoms with van der Waals surface area (Å²) in [7, 11) is 2.82. The molecule has 0 aromatic heterocycles. The number of halogens is 1. The molecule has 0 unspecified atom stereocenters. The zero-order valence-corrected chi connectivity index (χ0v) is 18.1. The fraction of sp³-hybridized carbons (Fsp3) is 0.591. The first kappa shape index (κ1) is 23.0. The molecule has 2 fully saturated rings. The molecule has 0 bridgehead atoms. The van der Waals surface area contributed by atoms with Gasteiger partial charge in [-0.1, -0.05) is 12.8 Å². The van der Waals surface area contributed by atoms with Crippen LogP contribution in [-0.2, 0) is 14.3 Å². The highest BCUT2D eigenvalue weighted by Crippen LogP contribution is 2.29. The Balaban J connectivity index is 1.83. The molecule has 1 saturated heterocycles. The van der Waals surface area contributed by atoms with E-state index in [2.05, 4.69) is 5.32 Å². The molecule has 31 heavy (non-hydrogen) atoms. The quantitative estimate of drug-likeness (QED) is 0.773. The van der Waals surface area contributed by atoms with Crippen LogP contribution in [0, 0.1) is 11.7 Å². The summed E-state index contributed by atoms with van der Waals surface area (Å²) in [6.07, 6.45) is 3.37. The molecule has 1 aliphatic carbocycles. The van der Waals surface area contributed by atoms with Gasteiger partial charge in [0.05, 0.1) is 13.0 Å². The number of carbonyl (C=O) groups excluding carboxylic acids is 3. The van der Waals surface area contributed by atoms with Crippen molar-refractivity contribution >= 4 is 17.7 Å². The number of hydrogen-bond acceptors (Lipinski definition) is 5. The Kier molecular flexibility index (Phi) is 7.84. The monoisotopic (exact) mass is 435 g/mol. The molecule has 0 radical (unpaired) electrons. The summed E-state index contributed by atoms with van der Waals surface area (Å²) in [5, 5.41) is 2.91. The van der Waals surface area contributed by atoms with E-state index in [1.54, 1.807) is 4.90 Å². The van der Waals surface area contributed by atoms with Crippen LogP contribution in [0.2, 0.25) is 0 Å². The number of amides is 3. The van der Waals surface area contributed by atoms with Gasteiger partial charge in [0, 0.05) is 44.9 Å². The van der Waals surface area contributed by atoms with E-state index in [1.807, 2.05) is 0 Å². The highest BCUT2D eigenvalue weighted by molar-refractivity contribution is 5.94. The number of nitrogens with one attached hydrogen (secondary N) is 1. The van der Waals surface area contributed by atoms with Gasteiger partial charge in [-0.3, -0.25) is 14.4 Å². The predicted molar refractivity (Wildman–Crippen MR) is 111 cm³/mol. The molecule has 2 aliphatic rings. The van der Waals surface area contributed by atoms with Crippen LogP contribution in [0.5, 0.6) is 5.75 Å². The molecule has 3 rings (SSSR count). The van der Waals surface area contributed by atoms with Crippen molar-refractivity contribution in [1.29, 1.82) is 0 Å². The highest BCUT2D eigenvalue weighted by atomic mass is 19.1. The largest absolute Gasteiger partial charge is 0.494 e. The highest BCUT2D eigenvalue weighted by Gasteiger charge is 2.37. The summed E-state index contributed by atoms with van der Waals surface area (Å²) < 4.78 is 24.1. The van der Waals surface area contributed by atoms with Crippen LogP contribution in [0.15, 0.2) is 18.2 Å². The Hall–Kier alpha value is -2.68. The maximum Gasteiger partial charge on any atom is 0.254 e. The molecule has 1 aromatic rings. The van der Waals surface area contributed by atoms with Crippen LogP contribution in [-0.4, -0.2) is 80.6 Å². The number of rotatable bonds is 4. The molecule has 1 heterocycles. The molecule has 1 N–H and O–H groups in total. The Morgan fingerprint density at radius 2 is 1.94 bits per heavy atom. The summed E-state index contributed by atoms with van der Waals surface area (Å²) in [5.41, 5.74) is 0.187. The maximum atomic E-state index is 14.1. The van der Waals surface area contributed by atoms with Gasteiger partial charge in [0.1, 0.15) is 6.61 Å². The lowest BCUT2D eigenvalue weighted by Crippen LogP contribution is -2.56. The zero-order valence-electron chi connectivity index (χ0n) is 18.1. The van der Waals surface area contributed by atoms with E-state index in [0.717, 1.165) is 31.7 Å². The number of methoxy groups -OCH3 is 2. The second-order valence-electron chi connectivity index (χ2n) is 7.91. The lowest BCUT2D eigenvalue weighted by molar-refractivity contribution is -0.142. The van der Waals surface area contributed by atoms with Crippen molar-refractivity contribution in [3.8, 4) is 5.75 Å². The van der Waals surface area contributed by atoms with Gasteiger partial charge in [0.15, 0.2) is 11.6 Å². The minimum atomic E-state index is -0.621. The number of benzene rings is 1. The number of nitrogens with zero attached hydrogens (tertiary/aromatic N) is 2. The lowest BCUT2D eigenvalue weighted by Gasteiger charge is -2.41. The van der Waals surface area contributed by atoms with Crippen LogP contribution in [0.4, 0.5) is 4.39 Å². The molecule has 0 spiro atoms. The standard InChI is InChI=1S/C22H30FN3O5/c1-30-14-20(27)26-12-11-25(22(29)15-7-8-19(31-2)17(23)13-15)10-9-24-21(28)16-5-3-4-6-18(16)26/h7-8,13,16,18H,3-6,9-12,14H2,1-2H3,(H,24,28)/t16-,18+/m0/s1. The molecule has 1 aliphatic heterocycles. The zero-order chi connectivity index (χ0) is 22.4. The van der Waals surface area contributed by atoms with E-state index < -0.39 is 5.82 Å². The van der Waals surface area contributed by atoms with Crippen LogP contribution in [0.1, 0.15) is 36.0 Å². The third-order valence-electron chi connectivity index (χ3n) is 6.03. The Labute approximate surface area is 181 Å². The van der Waals surface area contributed by atoms with E-state index in [-0.39, 0.29) is 60.7 Å². The average molecular weight is 435 g/mol. The Morgan fingerprint density at radius 3 is 2.65 bits per heavy atom. The van der Waals surface area contributed by atoms with Gasteiger partial charge in [-0.25, -0.2) is 4.39 Å². The predicted octanol–water partition coefficient (Wildman–Crippen LogP) is 1.44. The van der Waals surface area contributed by atoms with E-state index in [9.17, 15) is 18.8 Å². The molecular formula is C22H30FN3O5. The molecule has 1 saturated carbocycles. The average Bonchev–Trinajstić information content (AvgIpc) is 2.77. The first-order chi connectivity index (χ1) is 15.0. The second-order valence-corrected chi connectivity index (χ2v) is 7.91. The van der Waals surface area contributed by atoms with Gasteiger partial charge < -0.3 is 24.6 Å². The van der Waals surface area contributed by atoms with Crippen LogP contribution < -0.4 is 10.1 Å². The van der Waals surface area contributed by atoms with Crippen molar-refractivity contribution < 1.29 is 28.2 Å². The molecular weight excluding hydrogens is 405 g/mol. The van der Waals surface area contributed by atoms with Gasteiger partial charge in [0.25, 0.3) is 5.91 Å². The smallest absolute Gasteiger partial charge is 0.254 e. The number of ether oxygens (including phenoxy) is 2. The molecule has 170 valence electrons. The van der Waals surface area contributed by atoms with Crippen molar-refractivity contribution in [2.24, 2.45) is 5.92 Å². The van der Waals surface area contributed by atoms with Crippen LogP contribution in [0.25, 0.3) is 0 Å². The summed E-state index contributed by atoms with van der Waals surface area (Å²) in [6, 6.07) is 3.84. The third kappa shape index (κ3) is 5.33. The summed E-state index contributed by atoms with van der Waals surface area (Å²) in [4.78, 5) is 41.9. The summed E-state index contributed by atoms with van der Waals surface area (Å²) >= 11 is 0. The number of hydrogen-bond donors (Lipinski definition) is 1. The first-order valence-electron chi connectivity index (χ1n) is 10.6. The minimum Gasteiger partial charge on any atom is -0.494 e. The van der Waals surface area contributed by atoms with Gasteiger partial charge in [-0.2, -0.15) is 0 Å². The maximum absolute atomic E-state index is 14.1. The Bertz CT molecular complexity index is 818. The summed E-state index contributed by atoms with van der Waals surface area (Å²) in [5.74, 6) is -1.47. The van der Waals surface area contributed by atoms with Gasteiger partial charge in [0.2, 0.25) is 11.8 Å². The van der Waals surface area contributed by atoms with Gasteiger partial charge in [-0.15, -0.1) is 0 Å². The van der Waals surface area contributed by atoms with Crippen molar-refractivity contribution in [3.05, 3.63) is 29.6 Å². The number of fused-ring (bicyclic) bond motifs is 1. The number of carbonyl (C=O) groups is 3. The minimum absolute atomic E-state index is 0.0597. The topological polar surface area (TPSA) is 88.2 Å². The van der Waals surface area contributed by atoms with Gasteiger partial charge >= 0.3 is 0 Å². The van der Waals surface area contributed by atoms with E-state index >= 15 is 0 Å². The fourth-order valence-corrected chi connectivity index (χ4v) is 4.44. The van der Waals surface area contributed by atoms with E-state index in [0.29, 0.717) is 13.1 Å². The molecule has 2 atom stereocenters. The molecule has 3 amide bonds. The van der Waals surface area contributed by atoms with Crippen molar-refractivity contribution in [3.63, 3.8) is 0 Å². The SMILES string of the molecule is COCC(=O)N1CCN(C(=O)c2ccc(OC)c(F)c2)CCNC(=O)[C@H]2CCCC[C@H]21. The van der Waals surface area contributed by atoms with Gasteiger partial charge in [-0.05, 0) is 31.0 Å². The second kappa shape index (κ2) is 10.6. The van der Waals surface area contributed by atoms with Crippen LogP contribution in [0.3, 0.4) is 0 Å². The molecule has 8 nitrogen and oxygen atoms in total. The summed E-state index contributed by atoms with van der Waals surface area (Å²) in [6.45, 7) is 1.06. The normalized spacial score (nSPS) is 22.4. The molecule has 9 heteroatoms. The fourth-order valence-electron chi connectivity index (χ4n) is 4.44. The van der Waals surface area contributed by atoms with Crippen molar-refractivity contribution in [1.82, 2.24) is 15.1 Å². The Morgan fingerprint density at radius 1 is 1.16 bits per heavy atom. The lowest BCUT2D eigenvalue weighted by atomic mass is 9.82. The first-order valence-corrected chi connectivity index (χ1v) is 10.6. The van der Waals surface area contributed by atoms with Crippen molar-refractivity contribution in [2.75, 3.05) is 47.0 Å².